The van der Waals surface area contributed by atoms with Gasteiger partial charge >= 0.3 is 0 Å². The van der Waals surface area contributed by atoms with E-state index in [1.807, 2.05) is 0 Å². The predicted octanol–water partition coefficient (Wildman–Crippen LogP) is 4.62. The van der Waals surface area contributed by atoms with Gasteiger partial charge in [-0.05, 0) is 50.0 Å². The van der Waals surface area contributed by atoms with E-state index in [0.717, 1.165) is 30.3 Å². The van der Waals surface area contributed by atoms with Gasteiger partial charge in [-0.2, -0.15) is 0 Å². The third-order valence-corrected chi connectivity index (χ3v) is 4.37. The van der Waals surface area contributed by atoms with Crippen molar-refractivity contribution in [1.29, 1.82) is 0 Å². The molecule has 1 rings (SSSR count). The molecule has 0 aromatic rings. The van der Waals surface area contributed by atoms with Gasteiger partial charge in [0.25, 0.3) is 0 Å². The summed E-state index contributed by atoms with van der Waals surface area (Å²) < 4.78 is 0. The van der Waals surface area contributed by atoms with Gasteiger partial charge in [0.15, 0.2) is 0 Å². The first-order chi connectivity index (χ1) is 8.17. The van der Waals surface area contributed by atoms with Crippen LogP contribution in [-0.2, 0) is 0 Å². The molecule has 0 amide bonds. The van der Waals surface area contributed by atoms with E-state index < -0.39 is 0 Å². The molecule has 0 aromatic heterocycles. The average Bonchev–Trinajstić information content (AvgIpc) is 2.29. The van der Waals surface area contributed by atoms with Crippen LogP contribution in [0.25, 0.3) is 0 Å². The maximum absolute atomic E-state index is 3.72. The van der Waals surface area contributed by atoms with E-state index in [1.54, 1.807) is 0 Å². The zero-order valence-corrected chi connectivity index (χ0v) is 12.5. The van der Waals surface area contributed by atoms with Crippen molar-refractivity contribution in [2.24, 2.45) is 17.8 Å². The first kappa shape index (κ1) is 15.0. The lowest BCUT2D eigenvalue weighted by atomic mass is 9.74. The predicted molar refractivity (Wildman–Crippen MR) is 77.3 cm³/mol. The van der Waals surface area contributed by atoms with Crippen LogP contribution < -0.4 is 5.32 Å². The molecule has 0 radical (unpaired) electrons. The minimum absolute atomic E-state index is 0.812. The molecule has 1 N–H and O–H groups in total. The summed E-state index contributed by atoms with van der Waals surface area (Å²) in [7, 11) is 0. The molecule has 1 aliphatic carbocycles. The molecule has 17 heavy (non-hydrogen) atoms. The van der Waals surface area contributed by atoms with E-state index in [9.17, 15) is 0 Å². The molecule has 1 fully saturated rings. The normalized spacial score (nSPS) is 29.8. The molecule has 0 aromatic carbocycles. The molecular weight excluding hydrogens is 206 g/mol. The van der Waals surface area contributed by atoms with E-state index >= 15 is 0 Å². The lowest BCUT2D eigenvalue weighted by Crippen LogP contribution is -2.40. The lowest BCUT2D eigenvalue weighted by molar-refractivity contribution is 0.180. The Kier molecular flexibility index (Phi) is 7.18. The standard InChI is InChI=1S/C16H33N/c1-5-7-14-9-11-16(17-6-2)15(12-14)10-8-13(3)4/h13-17H,5-12H2,1-4H3. The van der Waals surface area contributed by atoms with Crippen LogP contribution >= 0.6 is 0 Å². The van der Waals surface area contributed by atoms with Gasteiger partial charge in [-0.25, -0.2) is 0 Å². The Hall–Kier alpha value is -0.0400. The van der Waals surface area contributed by atoms with Gasteiger partial charge in [-0.15, -0.1) is 0 Å². The van der Waals surface area contributed by atoms with Crippen LogP contribution in [0.3, 0.4) is 0 Å². The number of rotatable bonds is 7. The fraction of sp³-hybridized carbons (Fsp3) is 1.00. The molecule has 0 spiro atoms. The molecule has 1 nitrogen and oxygen atoms in total. The SMILES string of the molecule is CCCC1CCC(NCC)C(CCC(C)C)C1. The van der Waals surface area contributed by atoms with Crippen LogP contribution in [0.15, 0.2) is 0 Å². The van der Waals surface area contributed by atoms with Gasteiger partial charge in [0, 0.05) is 6.04 Å². The van der Waals surface area contributed by atoms with Crippen molar-refractivity contribution in [3.8, 4) is 0 Å². The van der Waals surface area contributed by atoms with Gasteiger partial charge in [-0.1, -0.05) is 47.0 Å². The molecule has 1 aliphatic rings. The van der Waals surface area contributed by atoms with Crippen molar-refractivity contribution in [2.75, 3.05) is 6.54 Å². The first-order valence-corrected chi connectivity index (χ1v) is 7.90. The first-order valence-electron chi connectivity index (χ1n) is 7.90. The molecular formula is C16H33N. The number of hydrogen-bond donors (Lipinski definition) is 1. The van der Waals surface area contributed by atoms with Crippen molar-refractivity contribution in [1.82, 2.24) is 5.32 Å². The monoisotopic (exact) mass is 239 g/mol. The summed E-state index contributed by atoms with van der Waals surface area (Å²) in [6.45, 7) is 10.4. The Morgan fingerprint density at radius 3 is 2.47 bits per heavy atom. The summed E-state index contributed by atoms with van der Waals surface area (Å²) in [5.74, 6) is 2.83. The summed E-state index contributed by atoms with van der Waals surface area (Å²) in [6, 6.07) is 0.812. The second-order valence-electron chi connectivity index (χ2n) is 6.36. The molecule has 3 unspecified atom stereocenters. The third kappa shape index (κ3) is 5.42. The van der Waals surface area contributed by atoms with E-state index in [2.05, 4.69) is 33.0 Å². The topological polar surface area (TPSA) is 12.0 Å². The summed E-state index contributed by atoms with van der Waals surface area (Å²) in [5.41, 5.74) is 0. The zero-order valence-electron chi connectivity index (χ0n) is 12.5. The van der Waals surface area contributed by atoms with Gasteiger partial charge < -0.3 is 5.32 Å². The van der Waals surface area contributed by atoms with E-state index in [4.69, 9.17) is 0 Å². The molecule has 1 heteroatoms. The minimum atomic E-state index is 0.812. The fourth-order valence-corrected chi connectivity index (χ4v) is 3.43. The summed E-state index contributed by atoms with van der Waals surface area (Å²) in [4.78, 5) is 0. The highest BCUT2D eigenvalue weighted by atomic mass is 14.9. The van der Waals surface area contributed by atoms with Crippen LogP contribution in [0.5, 0.6) is 0 Å². The maximum atomic E-state index is 3.72. The highest BCUT2D eigenvalue weighted by Gasteiger charge is 2.29. The van der Waals surface area contributed by atoms with Crippen LogP contribution in [0.4, 0.5) is 0 Å². The fourth-order valence-electron chi connectivity index (χ4n) is 3.43. The van der Waals surface area contributed by atoms with E-state index in [-0.39, 0.29) is 0 Å². The Morgan fingerprint density at radius 1 is 1.12 bits per heavy atom. The smallest absolute Gasteiger partial charge is 0.00954 e. The molecule has 0 heterocycles. The lowest BCUT2D eigenvalue weighted by Gasteiger charge is -2.37. The molecule has 102 valence electrons. The second kappa shape index (κ2) is 8.13. The Labute approximate surface area is 109 Å². The van der Waals surface area contributed by atoms with Gasteiger partial charge in [0.1, 0.15) is 0 Å². The number of nitrogens with one attached hydrogen (secondary N) is 1. The average molecular weight is 239 g/mol. The van der Waals surface area contributed by atoms with Crippen molar-refractivity contribution in [3.05, 3.63) is 0 Å². The summed E-state index contributed by atoms with van der Waals surface area (Å²) >= 11 is 0. The molecule has 0 saturated heterocycles. The van der Waals surface area contributed by atoms with E-state index in [0.29, 0.717) is 0 Å². The third-order valence-electron chi connectivity index (χ3n) is 4.37. The molecule has 0 aliphatic heterocycles. The van der Waals surface area contributed by atoms with Crippen molar-refractivity contribution < 1.29 is 0 Å². The Morgan fingerprint density at radius 2 is 1.88 bits per heavy atom. The molecule has 0 bridgehead atoms. The second-order valence-corrected chi connectivity index (χ2v) is 6.36. The van der Waals surface area contributed by atoms with Crippen LogP contribution in [0.1, 0.15) is 72.6 Å². The molecule has 3 atom stereocenters. The van der Waals surface area contributed by atoms with Gasteiger partial charge in [-0.3, -0.25) is 0 Å². The van der Waals surface area contributed by atoms with Crippen LogP contribution in [-0.4, -0.2) is 12.6 Å². The minimum Gasteiger partial charge on any atom is -0.314 e. The largest absolute Gasteiger partial charge is 0.314 e. The Balaban J connectivity index is 2.43. The van der Waals surface area contributed by atoms with Gasteiger partial charge in [0.2, 0.25) is 0 Å². The quantitative estimate of drug-likeness (QED) is 0.683. The van der Waals surface area contributed by atoms with Crippen LogP contribution in [0.2, 0.25) is 0 Å². The van der Waals surface area contributed by atoms with Crippen molar-refractivity contribution in [3.63, 3.8) is 0 Å². The van der Waals surface area contributed by atoms with Crippen molar-refractivity contribution >= 4 is 0 Å². The maximum Gasteiger partial charge on any atom is 0.00954 e. The van der Waals surface area contributed by atoms with Crippen molar-refractivity contribution in [2.45, 2.75) is 78.7 Å². The summed E-state index contributed by atoms with van der Waals surface area (Å²) in [6.07, 6.45) is 10.0. The molecule has 1 saturated carbocycles. The van der Waals surface area contributed by atoms with Gasteiger partial charge in [0.05, 0.1) is 0 Å². The number of hydrogen-bond acceptors (Lipinski definition) is 1. The van der Waals surface area contributed by atoms with E-state index in [1.165, 1.54) is 44.9 Å². The highest BCUT2D eigenvalue weighted by molar-refractivity contribution is 4.84. The summed E-state index contributed by atoms with van der Waals surface area (Å²) in [5, 5.41) is 3.72. The highest BCUT2D eigenvalue weighted by Crippen LogP contribution is 2.35. The van der Waals surface area contributed by atoms with Crippen LogP contribution in [0, 0.1) is 17.8 Å². The zero-order chi connectivity index (χ0) is 12.7. The Bertz CT molecular complexity index is 188.